The summed E-state index contributed by atoms with van der Waals surface area (Å²) in [5.74, 6) is 0.810. The summed E-state index contributed by atoms with van der Waals surface area (Å²) in [5, 5.41) is 3.51. The zero-order chi connectivity index (χ0) is 11.4. The van der Waals surface area contributed by atoms with Crippen molar-refractivity contribution < 1.29 is 0 Å². The number of aromatic amines is 1. The lowest BCUT2D eigenvalue weighted by Crippen LogP contribution is -2.31. The highest BCUT2D eigenvalue weighted by Gasteiger charge is 2.13. The molecule has 1 aliphatic rings. The molecular formula is C12H19N3O. The molecule has 2 N–H and O–H groups in total. The van der Waals surface area contributed by atoms with E-state index in [9.17, 15) is 4.79 Å². The van der Waals surface area contributed by atoms with Crippen LogP contribution in [0.3, 0.4) is 0 Å². The molecular weight excluding hydrogens is 202 g/mol. The number of H-pyrrole nitrogens is 1. The number of aromatic nitrogens is 2. The minimum atomic E-state index is -0.0453. The summed E-state index contributed by atoms with van der Waals surface area (Å²) in [6.07, 6.45) is 5.85. The normalized spacial score (nSPS) is 21.7. The lowest BCUT2D eigenvalue weighted by atomic mass is 10.1. The van der Waals surface area contributed by atoms with E-state index in [1.54, 1.807) is 0 Å². The van der Waals surface area contributed by atoms with Crippen molar-refractivity contribution in [3.05, 3.63) is 27.9 Å². The van der Waals surface area contributed by atoms with Gasteiger partial charge < -0.3 is 10.3 Å². The largest absolute Gasteiger partial charge is 0.314 e. The second-order valence-electron chi connectivity index (χ2n) is 4.54. The van der Waals surface area contributed by atoms with E-state index in [0.717, 1.165) is 24.5 Å². The van der Waals surface area contributed by atoms with Gasteiger partial charge in [0.25, 0.3) is 5.56 Å². The summed E-state index contributed by atoms with van der Waals surface area (Å²) in [6.45, 7) is 2.94. The number of aryl methyl sites for hydroxylation is 1. The van der Waals surface area contributed by atoms with Crippen LogP contribution in [0, 0.1) is 6.92 Å². The Hall–Kier alpha value is -1.16. The number of rotatable bonds is 2. The van der Waals surface area contributed by atoms with Crippen molar-refractivity contribution in [2.24, 2.45) is 0 Å². The third-order valence-electron chi connectivity index (χ3n) is 3.02. The molecule has 1 aromatic heterocycles. The number of nitrogens with zero attached hydrogens (tertiary/aromatic N) is 1. The zero-order valence-corrected chi connectivity index (χ0v) is 9.75. The Bertz CT molecular complexity index is 391. The Morgan fingerprint density at radius 3 is 3.12 bits per heavy atom. The van der Waals surface area contributed by atoms with Crippen LogP contribution in [0.4, 0.5) is 0 Å². The fraction of sp³-hybridized carbons (Fsp3) is 0.667. The second-order valence-corrected chi connectivity index (χ2v) is 4.54. The van der Waals surface area contributed by atoms with Gasteiger partial charge in [-0.05, 0) is 26.3 Å². The molecule has 0 bridgehead atoms. The molecule has 1 aliphatic heterocycles. The quantitative estimate of drug-likeness (QED) is 0.787. The molecule has 4 nitrogen and oxygen atoms in total. The van der Waals surface area contributed by atoms with Crippen LogP contribution in [0.1, 0.15) is 37.2 Å². The summed E-state index contributed by atoms with van der Waals surface area (Å²) in [6, 6.07) is 2.00. The molecule has 0 aliphatic carbocycles. The van der Waals surface area contributed by atoms with Gasteiger partial charge in [-0.15, -0.1) is 0 Å². The van der Waals surface area contributed by atoms with Gasteiger partial charge >= 0.3 is 0 Å². The van der Waals surface area contributed by atoms with Gasteiger partial charge in [0.1, 0.15) is 5.82 Å². The van der Waals surface area contributed by atoms with E-state index in [1.807, 2.05) is 6.92 Å². The Kier molecular flexibility index (Phi) is 3.72. The average molecular weight is 221 g/mol. The van der Waals surface area contributed by atoms with Gasteiger partial charge in [0, 0.05) is 24.2 Å². The highest BCUT2D eigenvalue weighted by Crippen LogP contribution is 2.10. The van der Waals surface area contributed by atoms with E-state index in [4.69, 9.17) is 0 Å². The topological polar surface area (TPSA) is 57.8 Å². The highest BCUT2D eigenvalue weighted by molar-refractivity contribution is 5.01. The molecule has 2 rings (SSSR count). The Labute approximate surface area is 95.5 Å². The van der Waals surface area contributed by atoms with E-state index in [2.05, 4.69) is 15.3 Å². The maximum atomic E-state index is 11.3. The molecule has 1 saturated heterocycles. The van der Waals surface area contributed by atoms with Crippen LogP contribution < -0.4 is 10.9 Å². The van der Waals surface area contributed by atoms with Crippen LogP contribution in [-0.4, -0.2) is 22.6 Å². The summed E-state index contributed by atoms with van der Waals surface area (Å²) in [5.41, 5.74) is 0.753. The van der Waals surface area contributed by atoms with Crippen LogP contribution in [0.25, 0.3) is 0 Å². The summed E-state index contributed by atoms with van der Waals surface area (Å²) >= 11 is 0. The summed E-state index contributed by atoms with van der Waals surface area (Å²) < 4.78 is 0. The van der Waals surface area contributed by atoms with Gasteiger partial charge in [-0.1, -0.05) is 12.8 Å². The van der Waals surface area contributed by atoms with Crippen LogP contribution in [0.5, 0.6) is 0 Å². The maximum absolute atomic E-state index is 11.3. The minimum Gasteiger partial charge on any atom is -0.314 e. The van der Waals surface area contributed by atoms with Gasteiger partial charge in [-0.2, -0.15) is 0 Å². The van der Waals surface area contributed by atoms with Gasteiger partial charge in [-0.3, -0.25) is 4.79 Å². The second kappa shape index (κ2) is 5.25. The Morgan fingerprint density at radius 1 is 1.44 bits per heavy atom. The molecule has 1 atom stereocenters. The van der Waals surface area contributed by atoms with Crippen LogP contribution in [-0.2, 0) is 6.42 Å². The average Bonchev–Trinajstić information content (AvgIpc) is 2.44. The predicted molar refractivity (Wildman–Crippen MR) is 63.6 cm³/mol. The van der Waals surface area contributed by atoms with E-state index < -0.39 is 0 Å². The van der Waals surface area contributed by atoms with E-state index in [0.29, 0.717) is 6.04 Å². The zero-order valence-electron chi connectivity index (χ0n) is 9.75. The predicted octanol–water partition coefficient (Wildman–Crippen LogP) is 1.15. The van der Waals surface area contributed by atoms with Crippen molar-refractivity contribution in [3.8, 4) is 0 Å². The fourth-order valence-corrected chi connectivity index (χ4v) is 2.25. The van der Waals surface area contributed by atoms with Crippen molar-refractivity contribution in [3.63, 3.8) is 0 Å². The monoisotopic (exact) mass is 221 g/mol. The summed E-state index contributed by atoms with van der Waals surface area (Å²) in [7, 11) is 0. The first-order valence-electron chi connectivity index (χ1n) is 6.04. The van der Waals surface area contributed by atoms with Gasteiger partial charge in [0.05, 0.1) is 0 Å². The van der Waals surface area contributed by atoms with Crippen molar-refractivity contribution in [2.75, 3.05) is 6.54 Å². The number of nitrogens with one attached hydrogen (secondary N) is 2. The standard InChI is InChI=1S/C12H19N3O/c1-9-7-12(16)15-11(14-9)8-10-5-3-2-4-6-13-10/h7,10,13H,2-6,8H2,1H3,(H,14,15,16). The molecule has 1 unspecified atom stereocenters. The molecule has 0 radical (unpaired) electrons. The third kappa shape index (κ3) is 3.17. The molecule has 88 valence electrons. The molecule has 1 aromatic rings. The van der Waals surface area contributed by atoms with Crippen LogP contribution in [0.15, 0.2) is 10.9 Å². The molecule has 0 aromatic carbocycles. The molecule has 4 heteroatoms. The Morgan fingerprint density at radius 2 is 2.31 bits per heavy atom. The maximum Gasteiger partial charge on any atom is 0.251 e. The minimum absolute atomic E-state index is 0.0453. The van der Waals surface area contributed by atoms with Crippen molar-refractivity contribution in [1.82, 2.24) is 15.3 Å². The first-order chi connectivity index (χ1) is 7.74. The summed E-state index contributed by atoms with van der Waals surface area (Å²) in [4.78, 5) is 18.5. The fourth-order valence-electron chi connectivity index (χ4n) is 2.25. The first kappa shape index (κ1) is 11.3. The van der Waals surface area contributed by atoms with Gasteiger partial charge in [-0.25, -0.2) is 4.98 Å². The smallest absolute Gasteiger partial charge is 0.251 e. The number of hydrogen-bond acceptors (Lipinski definition) is 3. The van der Waals surface area contributed by atoms with Crippen molar-refractivity contribution in [1.29, 1.82) is 0 Å². The molecule has 0 saturated carbocycles. The van der Waals surface area contributed by atoms with Gasteiger partial charge in [0.2, 0.25) is 0 Å². The molecule has 1 fully saturated rings. The van der Waals surface area contributed by atoms with Gasteiger partial charge in [0.15, 0.2) is 0 Å². The SMILES string of the molecule is Cc1cc(=O)[nH]c(CC2CCCCCN2)n1. The first-order valence-corrected chi connectivity index (χ1v) is 6.04. The van der Waals surface area contributed by atoms with Crippen molar-refractivity contribution in [2.45, 2.75) is 45.1 Å². The highest BCUT2D eigenvalue weighted by atomic mass is 16.1. The molecule has 0 amide bonds. The third-order valence-corrected chi connectivity index (χ3v) is 3.02. The Balaban J connectivity index is 2.04. The van der Waals surface area contributed by atoms with Crippen LogP contribution >= 0.6 is 0 Å². The molecule has 2 heterocycles. The molecule has 0 spiro atoms. The van der Waals surface area contributed by atoms with Crippen LogP contribution in [0.2, 0.25) is 0 Å². The van der Waals surface area contributed by atoms with Crippen molar-refractivity contribution >= 4 is 0 Å². The molecule has 16 heavy (non-hydrogen) atoms. The number of hydrogen-bond donors (Lipinski definition) is 2. The lowest BCUT2D eigenvalue weighted by Gasteiger charge is -2.14. The van der Waals surface area contributed by atoms with E-state index in [-0.39, 0.29) is 5.56 Å². The lowest BCUT2D eigenvalue weighted by molar-refractivity contribution is 0.496. The van der Waals surface area contributed by atoms with E-state index >= 15 is 0 Å². The van der Waals surface area contributed by atoms with E-state index in [1.165, 1.54) is 31.7 Å².